The average molecular weight is 329 g/mol. The molecule has 0 aliphatic heterocycles. The highest BCUT2D eigenvalue weighted by atomic mass is 79.9. The first-order valence-electron chi connectivity index (χ1n) is 7.44. The molecule has 1 aromatic heterocycles. The molecule has 0 N–H and O–H groups in total. The second-order valence-electron chi connectivity index (χ2n) is 5.96. The van der Waals surface area contributed by atoms with Gasteiger partial charge in [-0.25, -0.2) is 9.97 Å². The largest absolute Gasteiger partial charge is 0.233 e. The van der Waals surface area contributed by atoms with E-state index in [-0.39, 0.29) is 0 Å². The van der Waals surface area contributed by atoms with Crippen LogP contribution >= 0.6 is 15.9 Å². The molecule has 4 rings (SSSR count). The molecule has 2 aromatic rings. The fraction of sp³-hybridized carbons (Fsp3) is 0.412. The van der Waals surface area contributed by atoms with Crippen LogP contribution in [-0.4, -0.2) is 9.97 Å². The van der Waals surface area contributed by atoms with E-state index in [2.05, 4.69) is 45.2 Å². The highest BCUT2D eigenvalue weighted by Gasteiger charge is 2.27. The highest BCUT2D eigenvalue weighted by Crippen LogP contribution is 2.40. The van der Waals surface area contributed by atoms with Crippen molar-refractivity contribution in [2.24, 2.45) is 0 Å². The Morgan fingerprint density at radius 2 is 1.65 bits per heavy atom. The molecular formula is C17H17BrN2. The monoisotopic (exact) mass is 328 g/mol. The second kappa shape index (κ2) is 4.96. The number of aromatic nitrogens is 2. The van der Waals surface area contributed by atoms with Crippen molar-refractivity contribution in [1.82, 2.24) is 9.97 Å². The van der Waals surface area contributed by atoms with Crippen molar-refractivity contribution in [2.45, 2.75) is 43.9 Å². The van der Waals surface area contributed by atoms with Crippen LogP contribution in [0.3, 0.4) is 0 Å². The summed E-state index contributed by atoms with van der Waals surface area (Å²) in [6.45, 7) is 0. The zero-order chi connectivity index (χ0) is 13.5. The van der Waals surface area contributed by atoms with Crippen molar-refractivity contribution in [3.8, 4) is 11.3 Å². The van der Waals surface area contributed by atoms with Gasteiger partial charge in [0, 0.05) is 11.5 Å². The van der Waals surface area contributed by atoms with Crippen LogP contribution < -0.4 is 0 Å². The lowest BCUT2D eigenvalue weighted by Crippen LogP contribution is -2.08. The van der Waals surface area contributed by atoms with Crippen LogP contribution in [0.1, 0.15) is 55.3 Å². The van der Waals surface area contributed by atoms with Gasteiger partial charge in [0.15, 0.2) is 0 Å². The predicted molar refractivity (Wildman–Crippen MR) is 83.7 cm³/mol. The smallest absolute Gasteiger partial charge is 0.133 e. The zero-order valence-electron chi connectivity index (χ0n) is 11.3. The zero-order valence-corrected chi connectivity index (χ0v) is 12.9. The summed E-state index contributed by atoms with van der Waals surface area (Å²) in [5.74, 6) is 2.38. The van der Waals surface area contributed by atoms with Crippen LogP contribution in [0.2, 0.25) is 0 Å². The number of nitrogens with zero attached hydrogens (tertiary/aromatic N) is 2. The summed E-state index contributed by atoms with van der Waals surface area (Å²) in [5.41, 5.74) is 3.71. The average Bonchev–Trinajstić information content (AvgIpc) is 3.21. The summed E-state index contributed by atoms with van der Waals surface area (Å²) in [4.78, 5) is 9.23. The molecule has 2 aliphatic carbocycles. The van der Waals surface area contributed by atoms with Crippen LogP contribution in [0, 0.1) is 0 Å². The molecule has 0 saturated heterocycles. The second-order valence-corrected chi connectivity index (χ2v) is 6.77. The van der Waals surface area contributed by atoms with Crippen LogP contribution in [0.25, 0.3) is 11.3 Å². The Bertz CT molecular complexity index is 628. The van der Waals surface area contributed by atoms with Gasteiger partial charge < -0.3 is 0 Å². The van der Waals surface area contributed by atoms with Gasteiger partial charge in [-0.15, -0.1) is 0 Å². The molecule has 1 heterocycles. The molecule has 2 fully saturated rings. The van der Waals surface area contributed by atoms with Gasteiger partial charge >= 0.3 is 0 Å². The maximum Gasteiger partial charge on any atom is 0.133 e. The summed E-state index contributed by atoms with van der Waals surface area (Å²) in [5, 5.41) is 0. The lowest BCUT2D eigenvalue weighted by Gasteiger charge is -2.25. The molecule has 0 amide bonds. The van der Waals surface area contributed by atoms with Crippen molar-refractivity contribution < 1.29 is 0 Å². The molecule has 3 heteroatoms. The minimum Gasteiger partial charge on any atom is -0.233 e. The summed E-state index contributed by atoms with van der Waals surface area (Å²) in [7, 11) is 0. The number of benzene rings is 1. The fourth-order valence-electron chi connectivity index (χ4n) is 2.77. The topological polar surface area (TPSA) is 25.8 Å². The Labute approximate surface area is 127 Å². The Morgan fingerprint density at radius 3 is 2.25 bits per heavy atom. The Hall–Kier alpha value is -1.22. The summed E-state index contributed by atoms with van der Waals surface area (Å²) in [6, 6.07) is 11.0. The SMILES string of the molecule is Brc1cc(-c2ccc(C3CCC3)cc2)nc(C2CC2)n1. The summed E-state index contributed by atoms with van der Waals surface area (Å²) < 4.78 is 0.896. The van der Waals surface area contributed by atoms with E-state index in [9.17, 15) is 0 Å². The van der Waals surface area contributed by atoms with Crippen molar-refractivity contribution in [1.29, 1.82) is 0 Å². The molecule has 20 heavy (non-hydrogen) atoms. The molecule has 0 atom stereocenters. The molecule has 0 unspecified atom stereocenters. The lowest BCUT2D eigenvalue weighted by atomic mass is 9.80. The molecule has 2 nitrogen and oxygen atoms in total. The van der Waals surface area contributed by atoms with E-state index in [1.54, 1.807) is 0 Å². The number of hydrogen-bond donors (Lipinski definition) is 0. The Morgan fingerprint density at radius 1 is 0.900 bits per heavy atom. The molecule has 0 bridgehead atoms. The van der Waals surface area contributed by atoms with Crippen LogP contribution in [-0.2, 0) is 0 Å². The summed E-state index contributed by atoms with van der Waals surface area (Å²) >= 11 is 3.51. The first-order valence-corrected chi connectivity index (χ1v) is 8.24. The van der Waals surface area contributed by atoms with E-state index < -0.39 is 0 Å². The van der Waals surface area contributed by atoms with E-state index in [1.807, 2.05) is 6.07 Å². The van der Waals surface area contributed by atoms with Gasteiger partial charge in [-0.05, 0) is 59.2 Å². The molecular weight excluding hydrogens is 312 g/mol. The standard InChI is InChI=1S/C17H17BrN2/c18-16-10-15(19-17(20-16)14-8-9-14)13-6-4-12(5-7-13)11-2-1-3-11/h4-7,10-11,14H,1-3,8-9H2. The lowest BCUT2D eigenvalue weighted by molar-refractivity contribution is 0.420. The molecule has 1 aromatic carbocycles. The fourth-order valence-corrected chi connectivity index (χ4v) is 3.17. The van der Waals surface area contributed by atoms with E-state index in [1.165, 1.54) is 43.2 Å². The van der Waals surface area contributed by atoms with Crippen LogP contribution in [0.5, 0.6) is 0 Å². The third kappa shape index (κ3) is 2.39. The normalized spacial score (nSPS) is 18.9. The minimum atomic E-state index is 0.584. The number of rotatable bonds is 3. The molecule has 0 radical (unpaired) electrons. The van der Waals surface area contributed by atoms with Gasteiger partial charge in [0.05, 0.1) is 5.69 Å². The molecule has 0 spiro atoms. The van der Waals surface area contributed by atoms with Gasteiger partial charge in [0.25, 0.3) is 0 Å². The molecule has 2 saturated carbocycles. The van der Waals surface area contributed by atoms with E-state index >= 15 is 0 Å². The van der Waals surface area contributed by atoms with E-state index in [0.29, 0.717) is 5.92 Å². The first-order chi connectivity index (χ1) is 9.79. The Balaban J connectivity index is 1.65. The quantitative estimate of drug-likeness (QED) is 0.736. The summed E-state index contributed by atoms with van der Waals surface area (Å²) in [6.07, 6.45) is 6.55. The third-order valence-electron chi connectivity index (χ3n) is 4.44. The Kier molecular flexibility index (Phi) is 3.10. The molecule has 102 valence electrons. The minimum absolute atomic E-state index is 0.584. The molecule has 2 aliphatic rings. The van der Waals surface area contributed by atoms with Crippen LogP contribution in [0.4, 0.5) is 0 Å². The van der Waals surface area contributed by atoms with Gasteiger partial charge in [0.1, 0.15) is 10.4 Å². The van der Waals surface area contributed by atoms with Crippen molar-refractivity contribution in [3.63, 3.8) is 0 Å². The maximum absolute atomic E-state index is 4.73. The maximum atomic E-state index is 4.73. The third-order valence-corrected chi connectivity index (χ3v) is 4.84. The van der Waals surface area contributed by atoms with Crippen molar-refractivity contribution in [3.05, 3.63) is 46.3 Å². The number of halogens is 1. The van der Waals surface area contributed by atoms with E-state index in [4.69, 9.17) is 4.98 Å². The predicted octanol–water partition coefficient (Wildman–Crippen LogP) is 5.05. The van der Waals surface area contributed by atoms with E-state index in [0.717, 1.165) is 22.0 Å². The van der Waals surface area contributed by atoms with Gasteiger partial charge in [-0.1, -0.05) is 30.7 Å². The van der Waals surface area contributed by atoms with Crippen molar-refractivity contribution >= 4 is 15.9 Å². The van der Waals surface area contributed by atoms with Gasteiger partial charge in [-0.3, -0.25) is 0 Å². The van der Waals surface area contributed by atoms with Gasteiger partial charge in [0.2, 0.25) is 0 Å². The van der Waals surface area contributed by atoms with Crippen molar-refractivity contribution in [2.75, 3.05) is 0 Å². The number of hydrogen-bond acceptors (Lipinski definition) is 2. The van der Waals surface area contributed by atoms with Crippen LogP contribution in [0.15, 0.2) is 34.9 Å². The highest BCUT2D eigenvalue weighted by molar-refractivity contribution is 9.10. The van der Waals surface area contributed by atoms with Gasteiger partial charge in [-0.2, -0.15) is 0 Å². The first kappa shape index (κ1) is 12.5.